The predicted molar refractivity (Wildman–Crippen MR) is 62.4 cm³/mol. The zero-order valence-electron chi connectivity index (χ0n) is 10.8. The monoisotopic (exact) mass is 297 g/mol. The molecule has 0 N–H and O–H groups in total. The van der Waals surface area contributed by atoms with Crippen LogP contribution in [0.25, 0.3) is 0 Å². The number of hydrogen-bond donors (Lipinski definition) is 0. The Morgan fingerprint density at radius 3 is 1.80 bits per heavy atom. The molecule has 1 aromatic rings. The first-order chi connectivity index (χ1) is 9.05. The van der Waals surface area contributed by atoms with Gasteiger partial charge in [0.25, 0.3) is 0 Å². The number of rotatable bonds is 4. The van der Waals surface area contributed by atoms with Gasteiger partial charge in [-0.2, -0.15) is 26.3 Å². The maximum absolute atomic E-state index is 12.6. The summed E-state index contributed by atoms with van der Waals surface area (Å²) in [6.07, 6.45) is -10.5. The van der Waals surface area contributed by atoms with E-state index in [4.69, 9.17) is 4.74 Å². The molecule has 1 nitrogen and oxygen atoms in total. The summed E-state index contributed by atoms with van der Waals surface area (Å²) in [6, 6.07) is 1.45. The first-order valence-electron chi connectivity index (χ1n) is 5.74. The summed E-state index contributed by atoms with van der Waals surface area (Å²) in [5.74, 6) is 0. The number of ether oxygens (including phenoxy) is 1. The van der Waals surface area contributed by atoms with Gasteiger partial charge in [-0.1, -0.05) is 6.82 Å². The van der Waals surface area contributed by atoms with Gasteiger partial charge in [-0.25, -0.2) is 0 Å². The van der Waals surface area contributed by atoms with Crippen LogP contribution < -0.4 is 0 Å². The summed E-state index contributed by atoms with van der Waals surface area (Å²) in [5, 5.41) is 0. The van der Waals surface area contributed by atoms with E-state index in [1.807, 2.05) is 0 Å². The second-order valence-electron chi connectivity index (χ2n) is 4.22. The Bertz CT molecular complexity index is 422. The minimum atomic E-state index is -4.84. The molecule has 20 heavy (non-hydrogen) atoms. The molecular weight excluding hydrogens is 285 g/mol. The molecule has 0 amide bonds. The highest BCUT2D eigenvalue weighted by Crippen LogP contribution is 2.37. The summed E-state index contributed by atoms with van der Waals surface area (Å²) in [4.78, 5) is 0. The molecule has 1 aromatic carbocycles. The van der Waals surface area contributed by atoms with E-state index in [2.05, 4.69) is 0 Å². The van der Waals surface area contributed by atoms with Crippen LogP contribution in [0.1, 0.15) is 29.7 Å². The molecule has 1 rings (SSSR count). The van der Waals surface area contributed by atoms with Gasteiger partial charge in [0, 0.05) is 6.51 Å². The molecule has 0 aliphatic carbocycles. The Morgan fingerprint density at radius 2 is 1.45 bits per heavy atom. The highest BCUT2D eigenvalue weighted by molar-refractivity contribution is 6.33. The maximum Gasteiger partial charge on any atom is 0.416 e. The molecule has 8 heteroatoms. The van der Waals surface area contributed by atoms with Crippen LogP contribution in [0.2, 0.25) is 6.82 Å². The second kappa shape index (κ2) is 6.07. The topological polar surface area (TPSA) is 9.23 Å². The molecule has 0 heterocycles. The summed E-state index contributed by atoms with van der Waals surface area (Å²) in [5.41, 5.74) is -2.83. The zero-order chi connectivity index (χ0) is 15.6. The lowest BCUT2D eigenvalue weighted by Gasteiger charge is -2.18. The van der Waals surface area contributed by atoms with Crippen LogP contribution in [-0.4, -0.2) is 13.8 Å². The van der Waals surface area contributed by atoms with Gasteiger partial charge in [-0.3, -0.25) is 0 Å². The van der Waals surface area contributed by atoms with Gasteiger partial charge in [0.15, 0.2) is 0 Å². The van der Waals surface area contributed by atoms with Crippen molar-refractivity contribution < 1.29 is 31.1 Å². The van der Waals surface area contributed by atoms with Crippen LogP contribution in [0, 0.1) is 0 Å². The van der Waals surface area contributed by atoms with Gasteiger partial charge in [-0.05, 0) is 30.7 Å². The maximum atomic E-state index is 12.6. The SMILES string of the molecule is C[B]CO[C@H](C)c1cc(C(F)(F)F)cc(C(F)(F)F)c1. The van der Waals surface area contributed by atoms with Gasteiger partial charge in [0.05, 0.1) is 17.2 Å². The molecule has 111 valence electrons. The van der Waals surface area contributed by atoms with Crippen molar-refractivity contribution in [3.63, 3.8) is 0 Å². The number of benzene rings is 1. The minimum absolute atomic E-state index is 0.0994. The highest BCUT2D eigenvalue weighted by Gasteiger charge is 2.37. The molecule has 0 saturated carbocycles. The average molecular weight is 297 g/mol. The van der Waals surface area contributed by atoms with Gasteiger partial charge >= 0.3 is 12.4 Å². The van der Waals surface area contributed by atoms with Crippen molar-refractivity contribution in [3.8, 4) is 0 Å². The van der Waals surface area contributed by atoms with Gasteiger partial charge < -0.3 is 4.74 Å². The Balaban J connectivity index is 3.24. The van der Waals surface area contributed by atoms with Crippen molar-refractivity contribution in [3.05, 3.63) is 34.9 Å². The van der Waals surface area contributed by atoms with E-state index in [1.165, 1.54) is 6.92 Å². The van der Waals surface area contributed by atoms with Crippen molar-refractivity contribution >= 4 is 7.28 Å². The van der Waals surface area contributed by atoms with Crippen molar-refractivity contribution in [2.75, 3.05) is 6.51 Å². The lowest BCUT2D eigenvalue weighted by Crippen LogP contribution is -2.13. The van der Waals surface area contributed by atoms with Crippen LogP contribution in [0.5, 0.6) is 0 Å². The van der Waals surface area contributed by atoms with E-state index >= 15 is 0 Å². The molecule has 0 aliphatic rings. The van der Waals surface area contributed by atoms with Crippen molar-refractivity contribution in [1.29, 1.82) is 0 Å². The van der Waals surface area contributed by atoms with Crippen molar-refractivity contribution in [2.45, 2.75) is 32.2 Å². The molecule has 0 aliphatic heterocycles. The molecule has 0 spiro atoms. The molecular formula is C12H12BF6O. The van der Waals surface area contributed by atoms with Crippen LogP contribution in [0.4, 0.5) is 26.3 Å². The number of alkyl halides is 6. The van der Waals surface area contributed by atoms with Crippen LogP contribution in [0.3, 0.4) is 0 Å². The number of halogens is 6. The lowest BCUT2D eigenvalue weighted by molar-refractivity contribution is -0.143. The molecule has 0 aromatic heterocycles. The van der Waals surface area contributed by atoms with E-state index < -0.39 is 29.6 Å². The Morgan fingerprint density at radius 1 is 1.00 bits per heavy atom. The summed E-state index contributed by atoms with van der Waals surface area (Å²) >= 11 is 0. The van der Waals surface area contributed by atoms with Gasteiger partial charge in [0.1, 0.15) is 7.28 Å². The summed E-state index contributed by atoms with van der Waals surface area (Å²) in [7, 11) is 1.61. The third-order valence-corrected chi connectivity index (χ3v) is 2.59. The summed E-state index contributed by atoms with van der Waals surface area (Å²) in [6.45, 7) is 3.21. The van der Waals surface area contributed by atoms with Gasteiger partial charge in [0.2, 0.25) is 0 Å². The Labute approximate surface area is 113 Å². The molecule has 1 atom stereocenters. The quantitative estimate of drug-likeness (QED) is 0.587. The molecule has 0 saturated heterocycles. The molecule has 0 bridgehead atoms. The Kier molecular flexibility index (Phi) is 5.12. The van der Waals surface area contributed by atoms with Gasteiger partial charge in [-0.15, -0.1) is 0 Å². The van der Waals surface area contributed by atoms with E-state index in [0.717, 1.165) is 0 Å². The van der Waals surface area contributed by atoms with Crippen LogP contribution in [-0.2, 0) is 17.1 Å². The molecule has 1 radical (unpaired) electrons. The summed E-state index contributed by atoms with van der Waals surface area (Å²) < 4.78 is 80.9. The number of hydrogen-bond acceptors (Lipinski definition) is 1. The third kappa shape index (κ3) is 4.43. The fourth-order valence-electron chi connectivity index (χ4n) is 1.55. The standard InChI is InChI=1S/C12H12BF6O/c1-7(20-6-13-2)8-3-9(11(14,15)16)5-10(4-8)12(17,18)19/h3-5,7H,6H2,1-2H3/t7-/m1/s1. The first kappa shape index (κ1) is 16.9. The zero-order valence-corrected chi connectivity index (χ0v) is 10.8. The minimum Gasteiger partial charge on any atom is -0.383 e. The highest BCUT2D eigenvalue weighted by atomic mass is 19.4. The van der Waals surface area contributed by atoms with E-state index in [9.17, 15) is 26.3 Å². The third-order valence-electron chi connectivity index (χ3n) is 2.59. The molecule has 0 unspecified atom stereocenters. The first-order valence-corrected chi connectivity index (χ1v) is 5.74. The second-order valence-corrected chi connectivity index (χ2v) is 4.22. The largest absolute Gasteiger partial charge is 0.416 e. The fourth-order valence-corrected chi connectivity index (χ4v) is 1.55. The van der Waals surface area contributed by atoms with Crippen LogP contribution in [0.15, 0.2) is 18.2 Å². The smallest absolute Gasteiger partial charge is 0.383 e. The molecule has 0 fully saturated rings. The van der Waals surface area contributed by atoms with Crippen LogP contribution >= 0.6 is 0 Å². The lowest BCUT2D eigenvalue weighted by atomic mass is 9.84. The normalized spacial score (nSPS) is 14.2. The Hall–Kier alpha value is -1.18. The van der Waals surface area contributed by atoms with Crippen molar-refractivity contribution in [2.24, 2.45) is 0 Å². The average Bonchev–Trinajstić information content (AvgIpc) is 2.33. The fraction of sp³-hybridized carbons (Fsp3) is 0.500. The van der Waals surface area contributed by atoms with E-state index in [1.54, 1.807) is 14.1 Å². The van der Waals surface area contributed by atoms with E-state index in [-0.39, 0.29) is 18.1 Å². The van der Waals surface area contributed by atoms with E-state index in [0.29, 0.717) is 12.1 Å². The van der Waals surface area contributed by atoms with Crippen molar-refractivity contribution in [1.82, 2.24) is 0 Å². The predicted octanol–water partition coefficient (Wildman–Crippen LogP) is 4.51.